The van der Waals surface area contributed by atoms with Gasteiger partial charge in [0.15, 0.2) is 0 Å². The molecule has 0 aliphatic rings. The summed E-state index contributed by atoms with van der Waals surface area (Å²) >= 11 is 6.03. The van der Waals surface area contributed by atoms with E-state index in [1.54, 1.807) is 11.3 Å². The Morgan fingerprint density at radius 3 is 2.89 bits per heavy atom. The van der Waals surface area contributed by atoms with Gasteiger partial charge in [0.05, 0.1) is 2.88 Å². The molecule has 2 heterocycles. The third-order valence-corrected chi connectivity index (χ3v) is 5.47. The van der Waals surface area contributed by atoms with Crippen LogP contribution in [0, 0.1) is 2.88 Å². The maximum atomic E-state index is 3.67. The van der Waals surface area contributed by atoms with Gasteiger partial charge in [-0.2, -0.15) is 11.3 Å². The van der Waals surface area contributed by atoms with Crippen LogP contribution >= 0.6 is 45.3 Å². The average Bonchev–Trinajstić information content (AvgIpc) is 3.01. The molecule has 2 rings (SSSR count). The Bertz CT molecular complexity index is 450. The van der Waals surface area contributed by atoms with Crippen molar-refractivity contribution >= 4 is 45.3 Å². The quantitative estimate of drug-likeness (QED) is 0.649. The minimum atomic E-state index is 0.504. The van der Waals surface area contributed by atoms with Crippen molar-refractivity contribution < 1.29 is 0 Å². The molecule has 0 radical (unpaired) electrons. The molecule has 18 heavy (non-hydrogen) atoms. The minimum Gasteiger partial charge on any atom is -0.310 e. The maximum absolute atomic E-state index is 3.67. The molecule has 0 amide bonds. The summed E-state index contributed by atoms with van der Waals surface area (Å²) in [6, 6.07) is 5.05. The Kier molecular flexibility index (Phi) is 6.14. The second-order valence-corrected chi connectivity index (χ2v) is 7.95. The number of aryl methyl sites for hydroxylation is 1. The van der Waals surface area contributed by atoms with Crippen LogP contribution in [-0.4, -0.2) is 6.54 Å². The first-order valence-electron chi connectivity index (χ1n) is 6.28. The number of halogens is 1. The standard InChI is InChI=1S/C14H18INS2/c1-2-6-16-13(12-8-14(15)18-10-12)4-3-11-5-7-17-9-11/h5,7-10,13,16H,2-4,6H2,1H3. The van der Waals surface area contributed by atoms with Gasteiger partial charge in [0.25, 0.3) is 0 Å². The van der Waals surface area contributed by atoms with Crippen molar-refractivity contribution in [2.45, 2.75) is 32.2 Å². The highest BCUT2D eigenvalue weighted by Gasteiger charge is 2.12. The molecule has 0 aliphatic carbocycles. The molecule has 0 saturated heterocycles. The molecule has 0 aromatic carbocycles. The Hall–Kier alpha value is 0.0900. The number of nitrogens with one attached hydrogen (secondary N) is 1. The average molecular weight is 391 g/mol. The van der Waals surface area contributed by atoms with Crippen molar-refractivity contribution in [3.05, 3.63) is 42.3 Å². The van der Waals surface area contributed by atoms with Gasteiger partial charge in [0.1, 0.15) is 0 Å². The van der Waals surface area contributed by atoms with Crippen molar-refractivity contribution in [3.8, 4) is 0 Å². The molecule has 0 aliphatic heterocycles. The highest BCUT2D eigenvalue weighted by atomic mass is 127. The second kappa shape index (κ2) is 7.62. The molecular formula is C14H18INS2. The van der Waals surface area contributed by atoms with Crippen molar-refractivity contribution in [2.75, 3.05) is 6.54 Å². The molecule has 98 valence electrons. The Morgan fingerprint density at radius 2 is 2.28 bits per heavy atom. The van der Waals surface area contributed by atoms with Gasteiger partial charge in [0, 0.05) is 6.04 Å². The number of hydrogen-bond acceptors (Lipinski definition) is 3. The Labute approximate surface area is 131 Å². The van der Waals surface area contributed by atoms with E-state index in [2.05, 4.69) is 63.1 Å². The van der Waals surface area contributed by atoms with Gasteiger partial charge in [0.2, 0.25) is 0 Å². The molecule has 0 fully saturated rings. The summed E-state index contributed by atoms with van der Waals surface area (Å²) in [6.45, 7) is 3.32. The first kappa shape index (κ1) is 14.5. The largest absolute Gasteiger partial charge is 0.310 e. The molecule has 0 bridgehead atoms. The van der Waals surface area contributed by atoms with E-state index < -0.39 is 0 Å². The highest BCUT2D eigenvalue weighted by molar-refractivity contribution is 14.1. The first-order chi connectivity index (χ1) is 8.79. The van der Waals surface area contributed by atoms with Crippen LogP contribution in [0.5, 0.6) is 0 Å². The minimum absolute atomic E-state index is 0.504. The van der Waals surface area contributed by atoms with Crippen LogP contribution in [0.1, 0.15) is 36.9 Å². The van der Waals surface area contributed by atoms with Crippen molar-refractivity contribution in [3.63, 3.8) is 0 Å². The Morgan fingerprint density at radius 1 is 1.39 bits per heavy atom. The van der Waals surface area contributed by atoms with Crippen molar-refractivity contribution in [1.82, 2.24) is 5.32 Å². The lowest BCUT2D eigenvalue weighted by molar-refractivity contribution is 0.500. The first-order valence-corrected chi connectivity index (χ1v) is 9.18. The normalized spacial score (nSPS) is 12.8. The van der Waals surface area contributed by atoms with Gasteiger partial charge in [-0.1, -0.05) is 6.92 Å². The predicted molar refractivity (Wildman–Crippen MR) is 90.7 cm³/mol. The molecule has 0 saturated carbocycles. The zero-order chi connectivity index (χ0) is 12.8. The van der Waals surface area contributed by atoms with Crippen LogP contribution in [0.15, 0.2) is 28.3 Å². The third kappa shape index (κ3) is 4.33. The van der Waals surface area contributed by atoms with Gasteiger partial charge >= 0.3 is 0 Å². The fourth-order valence-electron chi connectivity index (χ4n) is 1.96. The molecule has 2 aromatic heterocycles. The van der Waals surface area contributed by atoms with Gasteiger partial charge in [-0.05, 0) is 87.8 Å². The molecule has 2 aromatic rings. The topological polar surface area (TPSA) is 12.0 Å². The highest BCUT2D eigenvalue weighted by Crippen LogP contribution is 2.26. The van der Waals surface area contributed by atoms with Crippen LogP contribution in [0.2, 0.25) is 0 Å². The summed E-state index contributed by atoms with van der Waals surface area (Å²) in [5, 5.41) is 10.4. The van der Waals surface area contributed by atoms with Crippen LogP contribution in [0.25, 0.3) is 0 Å². The van der Waals surface area contributed by atoms with Crippen LogP contribution in [-0.2, 0) is 6.42 Å². The van der Waals surface area contributed by atoms with E-state index in [0.717, 1.165) is 13.0 Å². The fraction of sp³-hybridized carbons (Fsp3) is 0.429. The van der Waals surface area contributed by atoms with Crippen molar-refractivity contribution in [1.29, 1.82) is 0 Å². The molecule has 1 N–H and O–H groups in total. The molecule has 4 heteroatoms. The maximum Gasteiger partial charge on any atom is 0.0656 e. The lowest BCUT2D eigenvalue weighted by atomic mass is 10.0. The van der Waals surface area contributed by atoms with Crippen LogP contribution < -0.4 is 5.32 Å². The summed E-state index contributed by atoms with van der Waals surface area (Å²) in [4.78, 5) is 0. The van der Waals surface area contributed by atoms with Crippen LogP contribution in [0.3, 0.4) is 0 Å². The van der Waals surface area contributed by atoms with Gasteiger partial charge < -0.3 is 5.32 Å². The molecule has 1 atom stereocenters. The molecule has 0 spiro atoms. The second-order valence-electron chi connectivity index (χ2n) is 4.36. The van der Waals surface area contributed by atoms with Gasteiger partial charge in [-0.15, -0.1) is 11.3 Å². The summed E-state index contributed by atoms with van der Waals surface area (Å²) in [7, 11) is 0. The lowest BCUT2D eigenvalue weighted by Gasteiger charge is -2.17. The number of hydrogen-bond donors (Lipinski definition) is 1. The van der Waals surface area contributed by atoms with E-state index in [4.69, 9.17) is 0 Å². The van der Waals surface area contributed by atoms with Gasteiger partial charge in [-0.25, -0.2) is 0 Å². The summed E-state index contributed by atoms with van der Waals surface area (Å²) in [5.74, 6) is 0. The summed E-state index contributed by atoms with van der Waals surface area (Å²) in [5.41, 5.74) is 2.92. The van der Waals surface area contributed by atoms with Crippen molar-refractivity contribution in [2.24, 2.45) is 0 Å². The molecule has 1 unspecified atom stereocenters. The zero-order valence-electron chi connectivity index (χ0n) is 10.5. The monoisotopic (exact) mass is 391 g/mol. The van der Waals surface area contributed by atoms with E-state index in [9.17, 15) is 0 Å². The summed E-state index contributed by atoms with van der Waals surface area (Å²) in [6.07, 6.45) is 3.54. The Balaban J connectivity index is 1.96. The molecular weight excluding hydrogens is 373 g/mol. The number of thiophene rings is 2. The SMILES string of the molecule is CCCNC(CCc1ccsc1)c1csc(I)c1. The zero-order valence-corrected chi connectivity index (χ0v) is 14.3. The fourth-order valence-corrected chi connectivity index (χ4v) is 4.09. The van der Waals surface area contributed by atoms with E-state index in [-0.39, 0.29) is 0 Å². The summed E-state index contributed by atoms with van der Waals surface area (Å²) < 4.78 is 1.38. The lowest BCUT2D eigenvalue weighted by Crippen LogP contribution is -2.22. The molecule has 1 nitrogen and oxygen atoms in total. The smallest absolute Gasteiger partial charge is 0.0656 e. The number of rotatable bonds is 7. The van der Waals surface area contributed by atoms with E-state index in [1.807, 2.05) is 11.3 Å². The van der Waals surface area contributed by atoms with Crippen LogP contribution in [0.4, 0.5) is 0 Å². The van der Waals surface area contributed by atoms with E-state index in [0.29, 0.717) is 6.04 Å². The third-order valence-electron chi connectivity index (χ3n) is 2.93. The predicted octanol–water partition coefficient (Wildman–Crippen LogP) is 5.09. The van der Waals surface area contributed by atoms with E-state index >= 15 is 0 Å². The van der Waals surface area contributed by atoms with E-state index in [1.165, 1.54) is 26.9 Å². The van der Waals surface area contributed by atoms with Gasteiger partial charge in [-0.3, -0.25) is 0 Å².